The van der Waals surface area contributed by atoms with Crippen LogP contribution in [0.3, 0.4) is 0 Å². The maximum Gasteiger partial charge on any atom is 0.509 e. The normalized spacial score (nSPS) is 18.3. The smallest absolute Gasteiger partial charge is 0.430 e. The molecule has 128 valence electrons. The lowest BCUT2D eigenvalue weighted by atomic mass is 9.89. The van der Waals surface area contributed by atoms with Crippen LogP contribution in [0.15, 0.2) is 30.5 Å². The summed E-state index contributed by atoms with van der Waals surface area (Å²) < 4.78 is 12.1. The molecule has 24 heavy (non-hydrogen) atoms. The molecule has 2 atom stereocenters. The molecule has 1 aliphatic rings. The molecular formula is C19H24N2O3. The minimum Gasteiger partial charge on any atom is -0.430 e. The molecule has 1 aromatic heterocycles. The van der Waals surface area contributed by atoms with E-state index in [0.717, 1.165) is 36.2 Å². The Morgan fingerprint density at radius 1 is 1.33 bits per heavy atom. The quantitative estimate of drug-likeness (QED) is 0.722. The number of carbonyl (C=O) groups is 1. The summed E-state index contributed by atoms with van der Waals surface area (Å²) in [5, 5.41) is 4.58. The third-order valence-corrected chi connectivity index (χ3v) is 4.56. The van der Waals surface area contributed by atoms with Crippen LogP contribution >= 0.6 is 0 Å². The van der Waals surface area contributed by atoms with E-state index in [0.29, 0.717) is 5.92 Å². The average Bonchev–Trinajstić information content (AvgIpc) is 3.21. The van der Waals surface area contributed by atoms with Crippen LogP contribution < -0.4 is 0 Å². The van der Waals surface area contributed by atoms with Gasteiger partial charge in [0, 0.05) is 6.20 Å². The molecule has 5 nitrogen and oxygen atoms in total. The van der Waals surface area contributed by atoms with Crippen molar-refractivity contribution in [3.63, 3.8) is 0 Å². The van der Waals surface area contributed by atoms with Crippen molar-refractivity contribution in [2.24, 2.45) is 0 Å². The molecule has 0 spiro atoms. The Hall–Kier alpha value is -2.30. The Morgan fingerprint density at radius 3 is 2.75 bits per heavy atom. The number of ether oxygens (including phenoxy) is 2. The van der Waals surface area contributed by atoms with E-state index in [2.05, 4.69) is 31.1 Å². The highest BCUT2D eigenvalue weighted by molar-refractivity contribution is 5.62. The number of rotatable bonds is 6. The number of aromatic nitrogens is 2. The monoisotopic (exact) mass is 328 g/mol. The van der Waals surface area contributed by atoms with Gasteiger partial charge in [0.1, 0.15) is 6.61 Å². The van der Waals surface area contributed by atoms with E-state index in [1.807, 2.05) is 29.9 Å². The molecule has 0 amide bonds. The van der Waals surface area contributed by atoms with Crippen LogP contribution in [0.1, 0.15) is 62.0 Å². The number of carbonyl (C=O) groups excluding carboxylic acids is 1. The van der Waals surface area contributed by atoms with E-state index in [1.165, 1.54) is 5.56 Å². The molecule has 0 saturated carbocycles. The van der Waals surface area contributed by atoms with Crippen molar-refractivity contribution in [1.82, 2.24) is 9.78 Å². The Kier molecular flexibility index (Phi) is 4.88. The predicted octanol–water partition coefficient (Wildman–Crippen LogP) is 4.68. The van der Waals surface area contributed by atoms with E-state index in [-0.39, 0.29) is 12.7 Å². The molecule has 2 unspecified atom stereocenters. The molecule has 3 rings (SSSR count). The maximum absolute atomic E-state index is 11.2. The summed E-state index contributed by atoms with van der Waals surface area (Å²) in [7, 11) is 0. The van der Waals surface area contributed by atoms with Gasteiger partial charge in [0.2, 0.25) is 0 Å². The fourth-order valence-corrected chi connectivity index (χ4v) is 3.27. The van der Waals surface area contributed by atoms with Gasteiger partial charge in [-0.1, -0.05) is 32.4 Å². The Bertz CT molecular complexity index is 723. The highest BCUT2D eigenvalue weighted by Crippen LogP contribution is 2.33. The largest absolute Gasteiger partial charge is 0.509 e. The molecule has 0 aliphatic carbocycles. The van der Waals surface area contributed by atoms with E-state index >= 15 is 0 Å². The van der Waals surface area contributed by atoms with Crippen molar-refractivity contribution in [2.45, 2.75) is 52.1 Å². The molecule has 1 aliphatic heterocycles. The molecular weight excluding hydrogens is 304 g/mol. The van der Waals surface area contributed by atoms with Gasteiger partial charge in [-0.05, 0) is 48.9 Å². The van der Waals surface area contributed by atoms with Gasteiger partial charge in [-0.25, -0.2) is 9.48 Å². The number of cyclic esters (lactones) is 2. The zero-order chi connectivity index (χ0) is 17.1. The van der Waals surface area contributed by atoms with Gasteiger partial charge in [-0.15, -0.1) is 0 Å². The van der Waals surface area contributed by atoms with Crippen molar-refractivity contribution < 1.29 is 14.3 Å². The van der Waals surface area contributed by atoms with Crippen LogP contribution in [0.4, 0.5) is 4.79 Å². The van der Waals surface area contributed by atoms with Crippen LogP contribution in [0.2, 0.25) is 0 Å². The summed E-state index contributed by atoms with van der Waals surface area (Å²) in [6.07, 6.45) is 4.41. The second-order valence-electron chi connectivity index (χ2n) is 6.28. The maximum atomic E-state index is 11.2. The zero-order valence-corrected chi connectivity index (χ0v) is 14.5. The van der Waals surface area contributed by atoms with Gasteiger partial charge in [-0.2, -0.15) is 5.10 Å². The molecule has 0 bridgehead atoms. The molecule has 0 N–H and O–H groups in total. The second kappa shape index (κ2) is 7.07. The van der Waals surface area contributed by atoms with E-state index in [4.69, 9.17) is 9.47 Å². The number of aryl methyl sites for hydroxylation is 1. The van der Waals surface area contributed by atoms with Crippen LogP contribution in [-0.2, 0) is 9.47 Å². The first kappa shape index (κ1) is 16.6. The third-order valence-electron chi connectivity index (χ3n) is 4.56. The lowest BCUT2D eigenvalue weighted by Gasteiger charge is -2.20. The summed E-state index contributed by atoms with van der Waals surface area (Å²) in [6.45, 7) is 6.68. The van der Waals surface area contributed by atoms with Crippen molar-refractivity contribution in [2.75, 3.05) is 6.61 Å². The molecule has 1 saturated heterocycles. The SMILES string of the molecule is CCCC(CC)c1ccc(C2COC(=O)O2)cc1-n1ccc(C)n1. The highest BCUT2D eigenvalue weighted by atomic mass is 16.8. The number of hydrogen-bond donors (Lipinski definition) is 0. The first-order valence-electron chi connectivity index (χ1n) is 8.62. The van der Waals surface area contributed by atoms with Gasteiger partial charge in [0.15, 0.2) is 6.10 Å². The lowest BCUT2D eigenvalue weighted by Crippen LogP contribution is -2.09. The minimum atomic E-state index is -0.599. The molecule has 0 radical (unpaired) electrons. The topological polar surface area (TPSA) is 53.4 Å². The Balaban J connectivity index is 2.03. The number of hydrogen-bond acceptors (Lipinski definition) is 4. The third kappa shape index (κ3) is 3.30. The van der Waals surface area contributed by atoms with Gasteiger partial charge in [0.25, 0.3) is 0 Å². The van der Waals surface area contributed by atoms with Crippen LogP contribution in [0.5, 0.6) is 0 Å². The number of nitrogens with zero attached hydrogens (tertiary/aromatic N) is 2. The van der Waals surface area contributed by atoms with Crippen molar-refractivity contribution in [1.29, 1.82) is 0 Å². The van der Waals surface area contributed by atoms with Crippen LogP contribution in [-0.4, -0.2) is 22.5 Å². The lowest BCUT2D eigenvalue weighted by molar-refractivity contribution is 0.118. The summed E-state index contributed by atoms with van der Waals surface area (Å²) in [5.74, 6) is 0.492. The second-order valence-corrected chi connectivity index (χ2v) is 6.28. The summed E-state index contributed by atoms with van der Waals surface area (Å²) in [5.41, 5.74) is 4.27. The molecule has 2 aromatic rings. The molecule has 1 aromatic carbocycles. The fourth-order valence-electron chi connectivity index (χ4n) is 3.27. The molecule has 5 heteroatoms. The van der Waals surface area contributed by atoms with E-state index in [1.54, 1.807) is 0 Å². The highest BCUT2D eigenvalue weighted by Gasteiger charge is 2.28. The fraction of sp³-hybridized carbons (Fsp3) is 0.474. The van der Waals surface area contributed by atoms with E-state index in [9.17, 15) is 4.79 Å². The zero-order valence-electron chi connectivity index (χ0n) is 14.5. The summed E-state index contributed by atoms with van der Waals surface area (Å²) in [4.78, 5) is 11.2. The standard InChI is InChI=1S/C19H24N2O3/c1-4-6-14(5-2)16-8-7-15(18-12-23-19(22)24-18)11-17(16)21-10-9-13(3)20-21/h7-11,14,18H,4-6,12H2,1-3H3. The Morgan fingerprint density at radius 2 is 2.17 bits per heavy atom. The van der Waals surface area contributed by atoms with Crippen molar-refractivity contribution >= 4 is 6.16 Å². The number of benzene rings is 1. The van der Waals surface area contributed by atoms with Gasteiger partial charge in [0.05, 0.1) is 11.4 Å². The van der Waals surface area contributed by atoms with Crippen LogP contribution in [0, 0.1) is 6.92 Å². The molecule has 1 fully saturated rings. The minimum absolute atomic E-state index is 0.266. The van der Waals surface area contributed by atoms with Crippen molar-refractivity contribution in [3.8, 4) is 5.69 Å². The summed E-state index contributed by atoms with van der Waals surface area (Å²) in [6, 6.07) is 8.26. The van der Waals surface area contributed by atoms with Gasteiger partial charge < -0.3 is 9.47 Å². The molecule has 2 heterocycles. The van der Waals surface area contributed by atoms with Crippen LogP contribution in [0.25, 0.3) is 5.69 Å². The Labute approximate surface area is 142 Å². The first-order chi connectivity index (χ1) is 11.6. The van der Waals surface area contributed by atoms with Gasteiger partial charge >= 0.3 is 6.16 Å². The van der Waals surface area contributed by atoms with E-state index < -0.39 is 6.16 Å². The first-order valence-corrected chi connectivity index (χ1v) is 8.62. The van der Waals surface area contributed by atoms with Gasteiger partial charge in [-0.3, -0.25) is 0 Å². The average molecular weight is 328 g/mol. The predicted molar refractivity (Wildman–Crippen MR) is 91.4 cm³/mol. The summed E-state index contributed by atoms with van der Waals surface area (Å²) >= 11 is 0. The van der Waals surface area contributed by atoms with Crippen molar-refractivity contribution in [3.05, 3.63) is 47.3 Å².